The molecule has 138 valence electrons. The topological polar surface area (TPSA) is 35.6 Å². The monoisotopic (exact) mass is 355 g/mol. The van der Waals surface area contributed by atoms with Crippen LogP contribution in [-0.4, -0.2) is 48.4 Å². The molecule has 1 atom stereocenters. The van der Waals surface area contributed by atoms with Crippen LogP contribution in [0.4, 0.5) is 13.2 Å². The molecule has 2 aliphatic heterocycles. The summed E-state index contributed by atoms with van der Waals surface area (Å²) < 4.78 is 40.3. The molecule has 1 aromatic carbocycles. The van der Waals surface area contributed by atoms with Gasteiger partial charge in [0.05, 0.1) is 5.56 Å². The third kappa shape index (κ3) is 3.67. The number of benzene rings is 1. The lowest BCUT2D eigenvalue weighted by Gasteiger charge is -2.42. The molecule has 1 N–H and O–H groups in total. The zero-order valence-electron chi connectivity index (χ0n) is 14.8. The summed E-state index contributed by atoms with van der Waals surface area (Å²) in [5, 5.41) is 2.50. The molecule has 1 saturated heterocycles. The number of carbonyl (C=O) groups excluding carboxylic acids is 1. The number of fused-ring (bicyclic) bond motifs is 1. The number of rotatable bonds is 3. The van der Waals surface area contributed by atoms with Crippen LogP contribution >= 0.6 is 0 Å². The first-order valence-corrected chi connectivity index (χ1v) is 8.60. The minimum Gasteiger partial charge on any atom is -0.348 e. The molecule has 0 bridgehead atoms. The van der Waals surface area contributed by atoms with Gasteiger partial charge >= 0.3 is 6.18 Å². The minimum absolute atomic E-state index is 0.0492. The molecule has 4 nitrogen and oxygen atoms in total. The van der Waals surface area contributed by atoms with Crippen LogP contribution in [0.25, 0.3) is 0 Å². The predicted octanol–water partition coefficient (Wildman–Crippen LogP) is 2.72. The fourth-order valence-electron chi connectivity index (χ4n) is 3.79. The van der Waals surface area contributed by atoms with E-state index in [0.717, 1.165) is 19.6 Å². The second-order valence-corrected chi connectivity index (χ2v) is 7.39. The molecule has 1 fully saturated rings. The van der Waals surface area contributed by atoms with Gasteiger partial charge in [-0.15, -0.1) is 0 Å². The molecule has 0 spiro atoms. The van der Waals surface area contributed by atoms with Crippen LogP contribution in [0.3, 0.4) is 0 Å². The van der Waals surface area contributed by atoms with Crippen molar-refractivity contribution in [3.8, 4) is 0 Å². The first kappa shape index (κ1) is 18.2. The van der Waals surface area contributed by atoms with E-state index in [0.29, 0.717) is 18.0 Å². The van der Waals surface area contributed by atoms with Crippen LogP contribution in [0.5, 0.6) is 0 Å². The van der Waals surface area contributed by atoms with Crippen molar-refractivity contribution in [1.82, 2.24) is 15.1 Å². The maximum absolute atomic E-state index is 13.4. The van der Waals surface area contributed by atoms with Gasteiger partial charge < -0.3 is 10.2 Å². The summed E-state index contributed by atoms with van der Waals surface area (Å²) in [6.45, 7) is 7.24. The summed E-state index contributed by atoms with van der Waals surface area (Å²) >= 11 is 0. The number of alkyl halides is 3. The smallest absolute Gasteiger partial charge is 0.348 e. The highest BCUT2D eigenvalue weighted by molar-refractivity contribution is 5.99. The van der Waals surface area contributed by atoms with Gasteiger partial charge in [0.2, 0.25) is 0 Å². The van der Waals surface area contributed by atoms with Crippen LogP contribution in [0.2, 0.25) is 0 Å². The molecule has 3 rings (SSSR count). The van der Waals surface area contributed by atoms with Crippen molar-refractivity contribution in [2.24, 2.45) is 5.92 Å². The molecule has 0 radical (unpaired) electrons. The Morgan fingerprint density at radius 1 is 1.28 bits per heavy atom. The van der Waals surface area contributed by atoms with E-state index < -0.39 is 17.6 Å². The molecule has 1 aromatic rings. The van der Waals surface area contributed by atoms with Gasteiger partial charge in [0.1, 0.15) is 0 Å². The van der Waals surface area contributed by atoms with Crippen LogP contribution in [0, 0.1) is 5.92 Å². The van der Waals surface area contributed by atoms with Crippen LogP contribution in [0.1, 0.15) is 40.9 Å². The van der Waals surface area contributed by atoms with Gasteiger partial charge in [0.15, 0.2) is 0 Å². The number of piperazine rings is 1. The highest BCUT2D eigenvalue weighted by atomic mass is 19.4. The van der Waals surface area contributed by atoms with Gasteiger partial charge in [-0.3, -0.25) is 9.69 Å². The van der Waals surface area contributed by atoms with Crippen LogP contribution < -0.4 is 5.32 Å². The Balaban J connectivity index is 1.92. The number of likely N-dealkylation sites (N-methyl/N-ethyl adjacent to an activating group) is 1. The maximum Gasteiger partial charge on any atom is 0.416 e. The number of hydrogen-bond acceptors (Lipinski definition) is 3. The summed E-state index contributed by atoms with van der Waals surface area (Å²) in [5.74, 6) is -0.0105. The predicted molar refractivity (Wildman–Crippen MR) is 89.1 cm³/mol. The fraction of sp³-hybridized carbons (Fsp3) is 0.611. The zero-order valence-corrected chi connectivity index (χ0v) is 14.8. The molecule has 2 heterocycles. The van der Waals surface area contributed by atoms with E-state index in [9.17, 15) is 18.0 Å². The number of halogens is 3. The molecule has 25 heavy (non-hydrogen) atoms. The molecular formula is C18H24F3N3O. The fourth-order valence-corrected chi connectivity index (χ4v) is 3.79. The molecular weight excluding hydrogens is 331 g/mol. The van der Waals surface area contributed by atoms with Gasteiger partial charge in [-0.2, -0.15) is 13.2 Å². The minimum atomic E-state index is -4.45. The summed E-state index contributed by atoms with van der Waals surface area (Å²) in [5.41, 5.74) is 0.104. The lowest BCUT2D eigenvalue weighted by atomic mass is 9.96. The summed E-state index contributed by atoms with van der Waals surface area (Å²) in [6.07, 6.45) is -4.45. The van der Waals surface area contributed by atoms with Crippen molar-refractivity contribution in [3.05, 3.63) is 34.4 Å². The normalized spacial score (nSPS) is 22.4. The van der Waals surface area contributed by atoms with Crippen molar-refractivity contribution in [2.75, 3.05) is 26.7 Å². The van der Waals surface area contributed by atoms with Gasteiger partial charge in [-0.1, -0.05) is 13.8 Å². The van der Waals surface area contributed by atoms with E-state index in [1.165, 1.54) is 6.07 Å². The third-order valence-electron chi connectivity index (χ3n) is 5.18. The van der Waals surface area contributed by atoms with E-state index in [2.05, 4.69) is 36.0 Å². The van der Waals surface area contributed by atoms with Crippen molar-refractivity contribution in [2.45, 2.75) is 39.2 Å². The molecule has 0 saturated carbocycles. The highest BCUT2D eigenvalue weighted by Gasteiger charge is 2.38. The first-order valence-electron chi connectivity index (χ1n) is 8.60. The van der Waals surface area contributed by atoms with Crippen molar-refractivity contribution in [3.63, 3.8) is 0 Å². The molecule has 0 aromatic heterocycles. The number of amides is 1. The maximum atomic E-state index is 13.4. The molecule has 7 heteroatoms. The van der Waals surface area contributed by atoms with Gasteiger partial charge in [0, 0.05) is 44.3 Å². The van der Waals surface area contributed by atoms with Gasteiger partial charge in [-0.05, 0) is 36.2 Å². The molecule has 2 aliphatic rings. The molecule has 1 amide bonds. The van der Waals surface area contributed by atoms with E-state index in [1.807, 2.05) is 0 Å². The Morgan fingerprint density at radius 3 is 2.64 bits per heavy atom. The Labute approximate surface area is 146 Å². The first-order chi connectivity index (χ1) is 11.7. The Morgan fingerprint density at radius 2 is 2.00 bits per heavy atom. The average Bonchev–Trinajstić information content (AvgIpc) is 2.88. The SMILES string of the molecule is CC(C)C1CN(C)CCN1Cc1cc2c(c(C(F)(F)F)c1)CNC2=O. The van der Waals surface area contributed by atoms with Crippen LogP contribution in [0.15, 0.2) is 12.1 Å². The second kappa shape index (κ2) is 6.61. The zero-order chi connectivity index (χ0) is 18.4. The van der Waals surface area contributed by atoms with E-state index in [-0.39, 0.29) is 23.7 Å². The third-order valence-corrected chi connectivity index (χ3v) is 5.18. The lowest BCUT2D eigenvalue weighted by Crippen LogP contribution is -2.53. The van der Waals surface area contributed by atoms with Gasteiger partial charge in [-0.25, -0.2) is 0 Å². The van der Waals surface area contributed by atoms with Crippen LogP contribution in [-0.2, 0) is 19.3 Å². The Bertz CT molecular complexity index is 672. The van der Waals surface area contributed by atoms with Crippen molar-refractivity contribution < 1.29 is 18.0 Å². The van der Waals surface area contributed by atoms with E-state index in [1.54, 1.807) is 6.07 Å². The Kier molecular flexibility index (Phi) is 4.81. The summed E-state index contributed by atoms with van der Waals surface area (Å²) in [4.78, 5) is 16.4. The van der Waals surface area contributed by atoms with E-state index >= 15 is 0 Å². The number of nitrogens with one attached hydrogen (secondary N) is 1. The molecule has 1 unspecified atom stereocenters. The second-order valence-electron chi connectivity index (χ2n) is 7.39. The van der Waals surface area contributed by atoms with Crippen molar-refractivity contribution >= 4 is 5.91 Å². The number of nitrogens with zero attached hydrogens (tertiary/aromatic N) is 2. The number of carbonyl (C=O) groups is 1. The summed E-state index contributed by atoms with van der Waals surface area (Å²) in [6, 6.07) is 3.13. The highest BCUT2D eigenvalue weighted by Crippen LogP contribution is 2.36. The van der Waals surface area contributed by atoms with E-state index in [4.69, 9.17) is 0 Å². The summed E-state index contributed by atoms with van der Waals surface area (Å²) in [7, 11) is 2.06. The Hall–Kier alpha value is -1.60. The lowest BCUT2D eigenvalue weighted by molar-refractivity contribution is -0.138. The quantitative estimate of drug-likeness (QED) is 0.906. The van der Waals surface area contributed by atoms with Gasteiger partial charge in [0.25, 0.3) is 5.91 Å². The number of hydrogen-bond donors (Lipinski definition) is 1. The standard InChI is InChI=1S/C18H24F3N3O/c1-11(2)16-10-23(3)4-5-24(16)9-12-6-13-14(8-22-17(13)25)15(7-12)18(19,20)21/h6-7,11,16H,4-5,8-10H2,1-3H3,(H,22,25). The van der Waals surface area contributed by atoms with Crippen molar-refractivity contribution in [1.29, 1.82) is 0 Å². The average molecular weight is 355 g/mol. The molecule has 0 aliphatic carbocycles. The largest absolute Gasteiger partial charge is 0.416 e.